The van der Waals surface area contributed by atoms with Crippen molar-refractivity contribution in [2.75, 3.05) is 0 Å². The lowest BCUT2D eigenvalue weighted by molar-refractivity contribution is 0.592. The Balaban J connectivity index is 1.52. The summed E-state index contributed by atoms with van der Waals surface area (Å²) in [5.41, 5.74) is 4.81. The van der Waals surface area contributed by atoms with E-state index in [1.165, 1.54) is 0 Å². The summed E-state index contributed by atoms with van der Waals surface area (Å²) in [5.74, 6) is 0. The number of hydrogen-bond acceptors (Lipinski definition) is 3. The third-order valence-electron chi connectivity index (χ3n) is 10.3. The summed E-state index contributed by atoms with van der Waals surface area (Å²) in [6, 6.07) is 52.7. The van der Waals surface area contributed by atoms with Crippen LogP contribution in [0.4, 0.5) is 0 Å². The molecular weight excluding hydrogens is 645 g/mol. The van der Waals surface area contributed by atoms with E-state index in [4.69, 9.17) is 0 Å². The van der Waals surface area contributed by atoms with E-state index in [1.807, 2.05) is 164 Å². The van der Waals surface area contributed by atoms with Crippen molar-refractivity contribution >= 4 is 69.2 Å². The molecule has 0 aliphatic carbocycles. The van der Waals surface area contributed by atoms with Gasteiger partial charge in [0, 0.05) is 64.4 Å². The Bertz CT molecular complexity index is 2330. The zero-order chi connectivity index (χ0) is 32.3. The van der Waals surface area contributed by atoms with Crippen LogP contribution in [0.3, 0.4) is 0 Å². The highest BCUT2D eigenvalue weighted by Gasteiger charge is 2.56. The van der Waals surface area contributed by atoms with E-state index in [9.17, 15) is 0 Å². The van der Waals surface area contributed by atoms with Gasteiger partial charge in [0.15, 0.2) is 21.4 Å². The molecule has 48 heavy (non-hydrogen) atoms. The number of hydrogen-bond donors (Lipinski definition) is 0. The van der Waals surface area contributed by atoms with Crippen LogP contribution < -0.4 is 47.7 Å². The molecule has 6 heteroatoms. The summed E-state index contributed by atoms with van der Waals surface area (Å²) in [6.07, 6.45) is 0. The molecule has 3 atom stereocenters. The zero-order valence-corrected chi connectivity index (χ0v) is 28.3. The molecular formula is C42H27O3P3. The van der Waals surface area contributed by atoms with Crippen LogP contribution >= 0.6 is 21.4 Å². The van der Waals surface area contributed by atoms with E-state index < -0.39 is 21.4 Å². The van der Waals surface area contributed by atoms with Gasteiger partial charge in [-0.2, -0.15) is 0 Å². The lowest BCUT2D eigenvalue weighted by Crippen LogP contribution is -2.32. The number of rotatable bonds is 3. The van der Waals surface area contributed by atoms with Crippen molar-refractivity contribution in [3.63, 3.8) is 0 Å². The molecule has 3 aliphatic rings. The first-order valence-corrected chi connectivity index (χ1v) is 21.1. The number of benzene rings is 7. The van der Waals surface area contributed by atoms with Gasteiger partial charge < -0.3 is 13.7 Å². The van der Waals surface area contributed by atoms with Gasteiger partial charge in [0.05, 0.1) is 0 Å². The Morgan fingerprint density at radius 3 is 0.771 bits per heavy atom. The number of fused-ring (bicyclic) bond motifs is 12. The van der Waals surface area contributed by atoms with Crippen LogP contribution in [-0.4, -0.2) is 0 Å². The van der Waals surface area contributed by atoms with Crippen LogP contribution in [0.25, 0.3) is 33.4 Å². The van der Waals surface area contributed by atoms with E-state index in [-0.39, 0.29) is 0 Å². The highest BCUT2D eigenvalue weighted by Crippen LogP contribution is 2.65. The molecule has 3 heterocycles. The molecule has 0 fully saturated rings. The van der Waals surface area contributed by atoms with Crippen LogP contribution in [0.1, 0.15) is 0 Å². The van der Waals surface area contributed by atoms with E-state index in [0.29, 0.717) is 31.8 Å². The van der Waals surface area contributed by atoms with Crippen LogP contribution in [0.2, 0.25) is 0 Å². The average Bonchev–Trinajstić information content (AvgIpc) is 3.70. The second-order valence-electron chi connectivity index (χ2n) is 12.6. The first-order chi connectivity index (χ1) is 23.5. The summed E-state index contributed by atoms with van der Waals surface area (Å²) in [7, 11) is -10.7. The van der Waals surface area contributed by atoms with Crippen molar-refractivity contribution in [2.24, 2.45) is 0 Å². The minimum absolute atomic E-state index is 0.661. The molecule has 0 aromatic heterocycles. The minimum atomic E-state index is -3.56. The van der Waals surface area contributed by atoms with Crippen LogP contribution in [0, 0.1) is 0 Å². The second kappa shape index (κ2) is 9.88. The second-order valence-corrected chi connectivity index (χ2v) is 20.5. The van der Waals surface area contributed by atoms with Gasteiger partial charge in [-0.3, -0.25) is 0 Å². The lowest BCUT2D eigenvalue weighted by Gasteiger charge is -2.25. The summed E-state index contributed by atoms with van der Waals surface area (Å²) >= 11 is 0. The normalized spacial score (nSPS) is 22.2. The van der Waals surface area contributed by atoms with Crippen molar-refractivity contribution in [1.82, 2.24) is 0 Å². The Hall–Kier alpha value is -4.77. The molecule has 10 rings (SSSR count). The van der Waals surface area contributed by atoms with Crippen molar-refractivity contribution in [3.05, 3.63) is 164 Å². The van der Waals surface area contributed by atoms with Gasteiger partial charge >= 0.3 is 0 Å². The van der Waals surface area contributed by atoms with Crippen molar-refractivity contribution in [2.45, 2.75) is 0 Å². The van der Waals surface area contributed by atoms with E-state index in [1.54, 1.807) is 0 Å². The maximum atomic E-state index is 16.4. The maximum absolute atomic E-state index is 16.4. The van der Waals surface area contributed by atoms with Gasteiger partial charge in [0.1, 0.15) is 0 Å². The summed E-state index contributed by atoms with van der Waals surface area (Å²) < 4.78 is 49.3. The van der Waals surface area contributed by atoms with Crippen LogP contribution in [0.15, 0.2) is 164 Å². The Morgan fingerprint density at radius 2 is 0.500 bits per heavy atom. The minimum Gasteiger partial charge on any atom is -0.309 e. The molecule has 3 aliphatic heterocycles. The van der Waals surface area contributed by atoms with Gasteiger partial charge in [-0.05, 0) is 16.7 Å². The van der Waals surface area contributed by atoms with Gasteiger partial charge in [-0.25, -0.2) is 0 Å². The van der Waals surface area contributed by atoms with Crippen molar-refractivity contribution in [3.8, 4) is 33.4 Å². The van der Waals surface area contributed by atoms with Crippen molar-refractivity contribution < 1.29 is 13.7 Å². The topological polar surface area (TPSA) is 51.2 Å². The van der Waals surface area contributed by atoms with E-state index >= 15 is 13.7 Å². The Kier molecular flexibility index (Phi) is 5.82. The molecule has 0 saturated heterocycles. The first-order valence-electron chi connectivity index (χ1n) is 16.0. The van der Waals surface area contributed by atoms with E-state index in [0.717, 1.165) is 49.3 Å². The third kappa shape index (κ3) is 3.30. The SMILES string of the molecule is O=[P@]1(c2ccccc2)c2ccccc2-c2c1c1c(c3c2[P@](=O)(c2ccccc2)c2ccccc2-3)[P@@](=O)(c2ccccc2)c2ccccc2-1. The molecule has 0 unspecified atom stereocenters. The molecule has 7 aromatic rings. The van der Waals surface area contributed by atoms with Crippen LogP contribution in [0.5, 0.6) is 0 Å². The summed E-state index contributed by atoms with van der Waals surface area (Å²) in [5, 5.41) is 6.31. The smallest absolute Gasteiger partial charge is 0.172 e. The third-order valence-corrected chi connectivity index (χ3v) is 19.8. The Labute approximate surface area is 279 Å². The predicted octanol–water partition coefficient (Wildman–Crippen LogP) is 6.55. The predicted molar refractivity (Wildman–Crippen MR) is 202 cm³/mol. The highest BCUT2D eigenvalue weighted by molar-refractivity contribution is 7.90. The largest absolute Gasteiger partial charge is 0.309 e. The molecule has 7 aromatic carbocycles. The van der Waals surface area contributed by atoms with E-state index in [2.05, 4.69) is 0 Å². The molecule has 0 radical (unpaired) electrons. The maximum Gasteiger partial charge on any atom is 0.172 e. The van der Waals surface area contributed by atoms with Gasteiger partial charge in [-0.15, -0.1) is 0 Å². The first kappa shape index (κ1) is 28.3. The van der Waals surface area contributed by atoms with Gasteiger partial charge in [0.25, 0.3) is 0 Å². The van der Waals surface area contributed by atoms with Gasteiger partial charge in [0.2, 0.25) is 0 Å². The molecule has 228 valence electrons. The van der Waals surface area contributed by atoms with Crippen LogP contribution in [-0.2, 0) is 13.7 Å². The molecule has 0 saturated carbocycles. The fraction of sp³-hybridized carbons (Fsp3) is 0. The zero-order valence-electron chi connectivity index (χ0n) is 25.7. The fourth-order valence-corrected chi connectivity index (χ4v) is 18.5. The fourth-order valence-electron chi connectivity index (χ4n) is 8.38. The monoisotopic (exact) mass is 672 g/mol. The molecule has 0 spiro atoms. The van der Waals surface area contributed by atoms with Gasteiger partial charge in [-0.1, -0.05) is 164 Å². The summed E-state index contributed by atoms with van der Waals surface area (Å²) in [4.78, 5) is 0. The summed E-state index contributed by atoms with van der Waals surface area (Å²) in [6.45, 7) is 0. The average molecular weight is 673 g/mol. The quantitative estimate of drug-likeness (QED) is 0.200. The highest BCUT2D eigenvalue weighted by atomic mass is 31.2. The standard InChI is InChI=1S/C42H27O3P3/c43-46(28-16-4-1-5-17-28)34-25-13-10-22-31(34)37-40(46)38-32-23-11-14-26-35(32)47(44,29-18-6-2-7-19-29)42(38)39-33-24-12-15-27-36(33)48(45,41(37)39)30-20-8-3-9-21-30/h1-27H/t46-,47-,48+/m1/s1. The van der Waals surface area contributed by atoms with Crippen molar-refractivity contribution in [1.29, 1.82) is 0 Å². The Morgan fingerprint density at radius 1 is 0.271 bits per heavy atom. The lowest BCUT2D eigenvalue weighted by atomic mass is 9.93. The molecule has 0 N–H and O–H groups in total. The molecule has 3 nitrogen and oxygen atoms in total. The molecule has 0 amide bonds. The molecule has 0 bridgehead atoms.